The summed E-state index contributed by atoms with van der Waals surface area (Å²) < 4.78 is 17.1. The van der Waals surface area contributed by atoms with Gasteiger partial charge in [-0.05, 0) is 40.5 Å². The number of carbonyl (C=O) groups is 3. The Morgan fingerprint density at radius 3 is 2.54 bits per heavy atom. The number of rotatable bonds is 3. The summed E-state index contributed by atoms with van der Waals surface area (Å²) in [5.74, 6) is -1.62. The molecule has 2 fully saturated rings. The predicted octanol–water partition coefficient (Wildman–Crippen LogP) is 3.49. The molecule has 6 heteroatoms. The molecule has 0 radical (unpaired) electrons. The summed E-state index contributed by atoms with van der Waals surface area (Å²) in [7, 11) is 0. The highest BCUT2D eigenvalue weighted by molar-refractivity contribution is 5.89. The third-order valence-corrected chi connectivity index (χ3v) is 6.69. The second kappa shape index (κ2) is 7.05. The molecule has 0 spiro atoms. The average molecular weight is 390 g/mol. The van der Waals surface area contributed by atoms with Crippen LogP contribution in [-0.4, -0.2) is 35.7 Å². The Kier molecular flexibility index (Phi) is 5.19. The molecule has 3 rings (SSSR count). The third kappa shape index (κ3) is 3.27. The van der Waals surface area contributed by atoms with E-state index in [0.717, 1.165) is 17.6 Å². The van der Waals surface area contributed by atoms with E-state index in [1.54, 1.807) is 20.8 Å². The normalized spacial score (nSPS) is 39.1. The maximum Gasteiger partial charge on any atom is 0.351 e. The number of carbonyl (C=O) groups excluding carboxylic acids is 3. The molecule has 0 aromatic carbocycles. The van der Waals surface area contributed by atoms with Crippen LogP contribution in [0.1, 0.15) is 60.8 Å². The molecule has 1 saturated carbocycles. The van der Waals surface area contributed by atoms with Crippen molar-refractivity contribution in [3.05, 3.63) is 23.3 Å². The van der Waals surface area contributed by atoms with Gasteiger partial charge in [0, 0.05) is 36.7 Å². The highest BCUT2D eigenvalue weighted by Gasteiger charge is 2.65. The zero-order valence-corrected chi connectivity index (χ0v) is 17.5. The number of hydrogen-bond acceptors (Lipinski definition) is 6. The summed E-state index contributed by atoms with van der Waals surface area (Å²) >= 11 is 0. The molecule has 0 N–H and O–H groups in total. The topological polar surface area (TPSA) is 78.9 Å². The van der Waals surface area contributed by atoms with Crippen molar-refractivity contribution < 1.29 is 28.6 Å². The Morgan fingerprint density at radius 2 is 1.93 bits per heavy atom. The van der Waals surface area contributed by atoms with Crippen LogP contribution in [0.2, 0.25) is 0 Å². The fourth-order valence-corrected chi connectivity index (χ4v) is 5.33. The molecule has 0 amide bonds. The summed E-state index contributed by atoms with van der Waals surface area (Å²) in [6.07, 6.45) is 4.89. The van der Waals surface area contributed by atoms with Crippen LogP contribution in [0.5, 0.6) is 0 Å². The lowest BCUT2D eigenvalue weighted by atomic mass is 9.54. The largest absolute Gasteiger partial charge is 0.462 e. The van der Waals surface area contributed by atoms with Gasteiger partial charge in [-0.3, -0.25) is 4.79 Å². The number of ether oxygens (including phenoxy) is 3. The molecule has 2 aliphatic carbocycles. The second-order valence-electron chi connectivity index (χ2n) is 9.03. The van der Waals surface area contributed by atoms with Crippen LogP contribution in [-0.2, 0) is 28.6 Å². The number of hydrogen-bond donors (Lipinski definition) is 0. The summed E-state index contributed by atoms with van der Waals surface area (Å²) in [5.41, 5.74) is 0.321. The molecule has 1 saturated heterocycles. The molecule has 0 unspecified atom stereocenters. The van der Waals surface area contributed by atoms with E-state index in [4.69, 9.17) is 14.2 Å². The molecule has 0 aromatic rings. The van der Waals surface area contributed by atoms with E-state index in [0.29, 0.717) is 12.8 Å². The number of esters is 3. The van der Waals surface area contributed by atoms with Gasteiger partial charge < -0.3 is 14.2 Å². The van der Waals surface area contributed by atoms with E-state index in [-0.39, 0.29) is 29.3 Å². The van der Waals surface area contributed by atoms with Gasteiger partial charge >= 0.3 is 17.9 Å². The molecule has 1 heterocycles. The Morgan fingerprint density at radius 1 is 1.25 bits per heavy atom. The molecule has 6 nitrogen and oxygen atoms in total. The van der Waals surface area contributed by atoms with Gasteiger partial charge in [-0.25, -0.2) is 9.59 Å². The van der Waals surface area contributed by atoms with E-state index < -0.39 is 23.6 Å². The van der Waals surface area contributed by atoms with Crippen molar-refractivity contribution in [2.24, 2.45) is 17.3 Å². The fraction of sp³-hybridized carbons (Fsp3) is 0.682. The van der Waals surface area contributed by atoms with Crippen LogP contribution in [0.3, 0.4) is 0 Å². The van der Waals surface area contributed by atoms with Crippen LogP contribution >= 0.6 is 0 Å². The zero-order chi connectivity index (χ0) is 20.9. The summed E-state index contributed by atoms with van der Waals surface area (Å²) in [6.45, 7) is 10.8. The van der Waals surface area contributed by atoms with Crippen molar-refractivity contribution in [2.75, 3.05) is 0 Å². The minimum absolute atomic E-state index is 0.0720. The van der Waals surface area contributed by atoms with Crippen LogP contribution in [0.25, 0.3) is 0 Å². The molecule has 154 valence electrons. The van der Waals surface area contributed by atoms with E-state index >= 15 is 0 Å². The van der Waals surface area contributed by atoms with Gasteiger partial charge in [-0.2, -0.15) is 0 Å². The number of allylic oxidation sites excluding steroid dienone is 1. The smallest absolute Gasteiger partial charge is 0.351 e. The molecular weight excluding hydrogens is 360 g/mol. The summed E-state index contributed by atoms with van der Waals surface area (Å²) in [6, 6.07) is 0. The molecule has 6 atom stereocenters. The van der Waals surface area contributed by atoms with Gasteiger partial charge in [0.15, 0.2) is 0 Å². The van der Waals surface area contributed by atoms with Crippen molar-refractivity contribution in [3.8, 4) is 0 Å². The average Bonchev–Trinajstić information content (AvgIpc) is 2.79. The lowest BCUT2D eigenvalue weighted by molar-refractivity contribution is -0.170. The molecule has 0 aromatic heterocycles. The second-order valence-corrected chi connectivity index (χ2v) is 9.03. The first-order chi connectivity index (χ1) is 13.0. The highest BCUT2D eigenvalue weighted by Crippen LogP contribution is 2.58. The Bertz CT molecular complexity index is 761. The monoisotopic (exact) mass is 390 g/mol. The van der Waals surface area contributed by atoms with Gasteiger partial charge in [-0.1, -0.05) is 24.1 Å². The standard InChI is InChI=1S/C22H30O6/c1-12(2)11-17(24)28-22(6)15-9-10-21(5)16(26-14(4)23)8-7-13(3)18(21)19(15)27-20(22)25/h7,11,15-16,18-19H,8-10H2,1-6H3/t15-,16-,18+,19-,21-,22+/m1/s1. The molecule has 1 aliphatic heterocycles. The molecule has 3 aliphatic rings. The highest BCUT2D eigenvalue weighted by atomic mass is 16.6. The quantitative estimate of drug-likeness (QED) is 0.318. The first-order valence-corrected chi connectivity index (χ1v) is 9.92. The van der Waals surface area contributed by atoms with Crippen molar-refractivity contribution in [3.63, 3.8) is 0 Å². The Hall–Kier alpha value is -2.11. The van der Waals surface area contributed by atoms with Crippen LogP contribution < -0.4 is 0 Å². The zero-order valence-electron chi connectivity index (χ0n) is 17.5. The van der Waals surface area contributed by atoms with Crippen LogP contribution in [0.15, 0.2) is 23.3 Å². The molecule has 28 heavy (non-hydrogen) atoms. The minimum Gasteiger partial charge on any atom is -0.462 e. The lowest BCUT2D eigenvalue weighted by Crippen LogP contribution is -2.56. The summed E-state index contributed by atoms with van der Waals surface area (Å²) in [5, 5.41) is 0. The lowest BCUT2D eigenvalue weighted by Gasteiger charge is -2.52. The van der Waals surface area contributed by atoms with Gasteiger partial charge in [0.05, 0.1) is 0 Å². The van der Waals surface area contributed by atoms with Crippen molar-refractivity contribution in [2.45, 2.75) is 78.6 Å². The minimum atomic E-state index is -1.30. The van der Waals surface area contributed by atoms with Gasteiger partial charge in [-0.15, -0.1) is 0 Å². The van der Waals surface area contributed by atoms with E-state index in [1.165, 1.54) is 13.0 Å². The number of fused-ring (bicyclic) bond motifs is 3. The van der Waals surface area contributed by atoms with Crippen molar-refractivity contribution in [1.29, 1.82) is 0 Å². The maximum absolute atomic E-state index is 12.8. The third-order valence-electron chi connectivity index (χ3n) is 6.69. The van der Waals surface area contributed by atoms with Crippen molar-refractivity contribution in [1.82, 2.24) is 0 Å². The fourth-order valence-electron chi connectivity index (χ4n) is 5.33. The first kappa shape index (κ1) is 20.6. The van der Waals surface area contributed by atoms with Crippen LogP contribution in [0.4, 0.5) is 0 Å². The van der Waals surface area contributed by atoms with Crippen molar-refractivity contribution >= 4 is 17.9 Å². The predicted molar refractivity (Wildman–Crippen MR) is 102 cm³/mol. The Balaban J connectivity index is 1.92. The SMILES string of the molecule is CC(=O)O[C@@H]1CC=C(C)[C@H]2[C@@H]3OC(=O)[C@@](C)(OC(=O)C=C(C)C)[C@@H]3CC[C@]12C. The Labute approximate surface area is 166 Å². The summed E-state index contributed by atoms with van der Waals surface area (Å²) in [4.78, 5) is 36.7. The van der Waals surface area contributed by atoms with E-state index in [9.17, 15) is 14.4 Å². The van der Waals surface area contributed by atoms with E-state index in [2.05, 4.69) is 13.0 Å². The van der Waals surface area contributed by atoms with E-state index in [1.807, 2.05) is 6.92 Å². The maximum atomic E-state index is 12.8. The van der Waals surface area contributed by atoms with Gasteiger partial charge in [0.1, 0.15) is 12.2 Å². The van der Waals surface area contributed by atoms with Gasteiger partial charge in [0.2, 0.25) is 5.60 Å². The molecular formula is C22H30O6. The van der Waals surface area contributed by atoms with Crippen LogP contribution in [0, 0.1) is 17.3 Å². The first-order valence-electron chi connectivity index (χ1n) is 9.92. The molecule has 0 bridgehead atoms. The van der Waals surface area contributed by atoms with Gasteiger partial charge in [0.25, 0.3) is 0 Å².